The number of amides is 1. The number of carbonyl (C=O) groups is 3. The summed E-state index contributed by atoms with van der Waals surface area (Å²) in [5.41, 5.74) is 0.968. The van der Waals surface area contributed by atoms with Crippen LogP contribution in [0.2, 0.25) is 0 Å². The van der Waals surface area contributed by atoms with Crippen molar-refractivity contribution in [1.82, 2.24) is 4.90 Å². The van der Waals surface area contributed by atoms with E-state index in [1.807, 2.05) is 0 Å². The van der Waals surface area contributed by atoms with E-state index in [2.05, 4.69) is 0 Å². The van der Waals surface area contributed by atoms with Gasteiger partial charge in [0.1, 0.15) is 5.78 Å². The predicted octanol–water partition coefficient (Wildman–Crippen LogP) is 2.08. The highest BCUT2D eigenvalue weighted by atomic mass is 16.2. The van der Waals surface area contributed by atoms with E-state index >= 15 is 0 Å². The van der Waals surface area contributed by atoms with Crippen molar-refractivity contribution in [2.24, 2.45) is 5.92 Å². The summed E-state index contributed by atoms with van der Waals surface area (Å²) in [7, 11) is 0. The first-order valence-electron chi connectivity index (χ1n) is 7.11. The van der Waals surface area contributed by atoms with Crippen LogP contribution in [0.1, 0.15) is 46.4 Å². The second-order valence-electron chi connectivity index (χ2n) is 5.56. The van der Waals surface area contributed by atoms with E-state index in [0.29, 0.717) is 24.1 Å². The first kappa shape index (κ1) is 13.0. The summed E-state index contributed by atoms with van der Waals surface area (Å²) in [5.74, 6) is -0.0249. The summed E-state index contributed by atoms with van der Waals surface area (Å²) in [4.78, 5) is 37.9. The number of ketones is 2. The van der Waals surface area contributed by atoms with Gasteiger partial charge in [-0.05, 0) is 18.9 Å². The number of benzene rings is 1. The molecule has 4 nitrogen and oxygen atoms in total. The Kier molecular flexibility index (Phi) is 3.38. The molecule has 1 aromatic carbocycles. The number of fused-ring (bicyclic) bond motifs is 1. The molecular formula is C16H17NO3. The summed E-state index contributed by atoms with van der Waals surface area (Å²) < 4.78 is 0. The SMILES string of the molecule is O=C1CN(CC2CCCCC2=O)C(=O)c2ccccc21. The van der Waals surface area contributed by atoms with Gasteiger partial charge < -0.3 is 4.90 Å². The molecule has 104 valence electrons. The van der Waals surface area contributed by atoms with Gasteiger partial charge >= 0.3 is 0 Å². The Hall–Kier alpha value is -1.97. The summed E-state index contributed by atoms with van der Waals surface area (Å²) in [5, 5.41) is 0. The Morgan fingerprint density at radius 2 is 1.80 bits per heavy atom. The predicted molar refractivity (Wildman–Crippen MR) is 73.6 cm³/mol. The van der Waals surface area contributed by atoms with Crippen molar-refractivity contribution in [3.63, 3.8) is 0 Å². The lowest BCUT2D eigenvalue weighted by Gasteiger charge is -2.31. The van der Waals surface area contributed by atoms with Crippen LogP contribution in [0, 0.1) is 5.92 Å². The second kappa shape index (κ2) is 5.19. The van der Waals surface area contributed by atoms with Crippen LogP contribution in [0.3, 0.4) is 0 Å². The van der Waals surface area contributed by atoms with E-state index in [4.69, 9.17) is 0 Å². The fourth-order valence-electron chi connectivity index (χ4n) is 3.08. The molecule has 0 spiro atoms. The Balaban J connectivity index is 1.81. The molecule has 1 fully saturated rings. The highest BCUT2D eigenvalue weighted by Gasteiger charge is 2.33. The van der Waals surface area contributed by atoms with Gasteiger partial charge in [0, 0.05) is 24.4 Å². The monoisotopic (exact) mass is 271 g/mol. The molecule has 1 unspecified atom stereocenters. The Morgan fingerprint density at radius 1 is 1.05 bits per heavy atom. The van der Waals surface area contributed by atoms with Gasteiger partial charge in [-0.15, -0.1) is 0 Å². The molecule has 1 atom stereocenters. The number of nitrogens with zero attached hydrogens (tertiary/aromatic N) is 1. The molecule has 0 saturated heterocycles. The fraction of sp³-hybridized carbons (Fsp3) is 0.438. The second-order valence-corrected chi connectivity index (χ2v) is 5.56. The minimum absolute atomic E-state index is 0.0385. The maximum atomic E-state index is 12.4. The van der Waals surface area contributed by atoms with Gasteiger partial charge in [0.15, 0.2) is 5.78 Å². The molecule has 0 bridgehead atoms. The van der Waals surface area contributed by atoms with E-state index in [1.165, 1.54) is 0 Å². The third-order valence-electron chi connectivity index (χ3n) is 4.20. The lowest BCUT2D eigenvalue weighted by Crippen LogP contribution is -2.45. The average molecular weight is 271 g/mol. The van der Waals surface area contributed by atoms with Crippen molar-refractivity contribution < 1.29 is 14.4 Å². The molecular weight excluding hydrogens is 254 g/mol. The van der Waals surface area contributed by atoms with Gasteiger partial charge in [-0.25, -0.2) is 0 Å². The number of rotatable bonds is 2. The zero-order valence-electron chi connectivity index (χ0n) is 11.3. The van der Waals surface area contributed by atoms with Crippen LogP contribution in [0.25, 0.3) is 0 Å². The molecule has 1 aromatic rings. The fourth-order valence-corrected chi connectivity index (χ4v) is 3.08. The molecule has 1 aliphatic heterocycles. The Morgan fingerprint density at radius 3 is 2.55 bits per heavy atom. The quantitative estimate of drug-likeness (QED) is 0.827. The van der Waals surface area contributed by atoms with E-state index in [0.717, 1.165) is 19.3 Å². The van der Waals surface area contributed by atoms with Crippen molar-refractivity contribution in [2.45, 2.75) is 25.7 Å². The van der Waals surface area contributed by atoms with Crippen LogP contribution >= 0.6 is 0 Å². The van der Waals surface area contributed by atoms with Crippen LogP contribution in [0.4, 0.5) is 0 Å². The molecule has 1 amide bonds. The van der Waals surface area contributed by atoms with E-state index in [-0.39, 0.29) is 29.9 Å². The summed E-state index contributed by atoms with van der Waals surface area (Å²) >= 11 is 0. The molecule has 0 aromatic heterocycles. The number of Topliss-reactive ketones (excluding diaryl/α,β-unsaturated/α-hetero) is 2. The number of hydrogen-bond acceptors (Lipinski definition) is 3. The molecule has 0 N–H and O–H groups in total. The van der Waals surface area contributed by atoms with Crippen molar-refractivity contribution in [2.75, 3.05) is 13.1 Å². The maximum Gasteiger partial charge on any atom is 0.255 e. The van der Waals surface area contributed by atoms with Crippen molar-refractivity contribution in [3.8, 4) is 0 Å². The van der Waals surface area contributed by atoms with Gasteiger partial charge in [0.25, 0.3) is 5.91 Å². The topological polar surface area (TPSA) is 54.5 Å². The summed E-state index contributed by atoms with van der Waals surface area (Å²) in [6.45, 7) is 0.483. The van der Waals surface area contributed by atoms with Crippen molar-refractivity contribution >= 4 is 17.5 Å². The highest BCUT2D eigenvalue weighted by molar-refractivity contribution is 6.13. The van der Waals surface area contributed by atoms with Crippen LogP contribution < -0.4 is 0 Å². The van der Waals surface area contributed by atoms with Crippen molar-refractivity contribution in [3.05, 3.63) is 35.4 Å². The smallest absolute Gasteiger partial charge is 0.255 e. The third-order valence-corrected chi connectivity index (χ3v) is 4.20. The lowest BCUT2D eigenvalue weighted by molar-refractivity contribution is -0.124. The van der Waals surface area contributed by atoms with Gasteiger partial charge in [0.05, 0.1) is 12.1 Å². The maximum absolute atomic E-state index is 12.4. The van der Waals surface area contributed by atoms with Gasteiger partial charge in [-0.1, -0.05) is 24.6 Å². The molecule has 2 aliphatic rings. The normalized spacial score (nSPS) is 22.9. The van der Waals surface area contributed by atoms with E-state index < -0.39 is 0 Å². The standard InChI is InChI=1S/C16H17NO3/c18-14-8-4-1-5-11(14)9-17-10-15(19)12-6-2-3-7-13(12)16(17)20/h2-3,6-7,11H,1,4-5,8-10H2. The summed E-state index contributed by atoms with van der Waals surface area (Å²) in [6, 6.07) is 6.91. The van der Waals surface area contributed by atoms with E-state index in [9.17, 15) is 14.4 Å². The molecule has 3 rings (SSSR count). The Bertz CT molecular complexity index is 579. The zero-order valence-corrected chi connectivity index (χ0v) is 11.3. The number of carbonyl (C=O) groups excluding carboxylic acids is 3. The molecule has 4 heteroatoms. The number of hydrogen-bond donors (Lipinski definition) is 0. The van der Waals surface area contributed by atoms with Crippen LogP contribution in [-0.2, 0) is 4.79 Å². The van der Waals surface area contributed by atoms with Gasteiger partial charge in [-0.2, -0.15) is 0 Å². The lowest BCUT2D eigenvalue weighted by atomic mass is 9.87. The minimum Gasteiger partial charge on any atom is -0.330 e. The highest BCUT2D eigenvalue weighted by Crippen LogP contribution is 2.25. The molecule has 1 heterocycles. The zero-order chi connectivity index (χ0) is 14.1. The first-order valence-corrected chi connectivity index (χ1v) is 7.11. The average Bonchev–Trinajstić information content (AvgIpc) is 2.47. The molecule has 20 heavy (non-hydrogen) atoms. The minimum atomic E-state index is -0.126. The summed E-state index contributed by atoms with van der Waals surface area (Å²) in [6.07, 6.45) is 3.42. The van der Waals surface area contributed by atoms with E-state index in [1.54, 1.807) is 29.2 Å². The van der Waals surface area contributed by atoms with Crippen LogP contribution in [-0.4, -0.2) is 35.5 Å². The van der Waals surface area contributed by atoms with Crippen LogP contribution in [0.5, 0.6) is 0 Å². The molecule has 0 radical (unpaired) electrons. The Labute approximate surface area is 117 Å². The van der Waals surface area contributed by atoms with Crippen LogP contribution in [0.15, 0.2) is 24.3 Å². The molecule has 1 saturated carbocycles. The van der Waals surface area contributed by atoms with Crippen molar-refractivity contribution in [1.29, 1.82) is 0 Å². The van der Waals surface area contributed by atoms with Gasteiger partial charge in [-0.3, -0.25) is 14.4 Å². The first-order chi connectivity index (χ1) is 9.66. The van der Waals surface area contributed by atoms with Gasteiger partial charge in [0.2, 0.25) is 0 Å². The third kappa shape index (κ3) is 2.26. The molecule has 1 aliphatic carbocycles. The largest absolute Gasteiger partial charge is 0.330 e.